The van der Waals surface area contributed by atoms with Crippen LogP contribution in [0.3, 0.4) is 0 Å². The van der Waals surface area contributed by atoms with Gasteiger partial charge < -0.3 is 5.32 Å². The van der Waals surface area contributed by atoms with Gasteiger partial charge in [0, 0.05) is 25.5 Å². The summed E-state index contributed by atoms with van der Waals surface area (Å²) in [6.45, 7) is 0.580. The number of hydrogen-bond donors (Lipinski definition) is 1. The van der Waals surface area contributed by atoms with Gasteiger partial charge in [-0.1, -0.05) is 0 Å². The summed E-state index contributed by atoms with van der Waals surface area (Å²) in [4.78, 5) is 11.3. The van der Waals surface area contributed by atoms with Gasteiger partial charge in [0.2, 0.25) is 0 Å². The molecule has 2 nitrogen and oxygen atoms in total. The second-order valence-corrected chi connectivity index (χ2v) is 3.35. The predicted octanol–water partition coefficient (Wildman–Crippen LogP) is 1.69. The van der Waals surface area contributed by atoms with Gasteiger partial charge in [-0.25, -0.2) is 8.78 Å². The number of ketones is 1. The summed E-state index contributed by atoms with van der Waals surface area (Å²) < 4.78 is 25.5. The highest BCUT2D eigenvalue weighted by atomic mass is 19.1. The van der Waals surface area contributed by atoms with Crippen molar-refractivity contribution in [3.8, 4) is 0 Å². The lowest BCUT2D eigenvalue weighted by molar-refractivity contribution is -0.118. The summed E-state index contributed by atoms with van der Waals surface area (Å²) in [6, 6.07) is 3.16. The molecule has 0 amide bonds. The third kappa shape index (κ3) is 4.16. The Hall–Kier alpha value is -1.29. The Bertz CT molecular complexity index is 332. The van der Waals surface area contributed by atoms with E-state index in [0.717, 1.165) is 6.07 Å². The zero-order valence-corrected chi connectivity index (χ0v) is 8.52. The fourth-order valence-corrected chi connectivity index (χ4v) is 1.29. The third-order valence-electron chi connectivity index (χ3n) is 1.98. The smallest absolute Gasteiger partial charge is 0.138 e. The molecule has 0 aliphatic carbocycles. The topological polar surface area (TPSA) is 29.1 Å². The quantitative estimate of drug-likeness (QED) is 0.806. The summed E-state index contributed by atoms with van der Waals surface area (Å²) in [5.74, 6) is -1.33. The van der Waals surface area contributed by atoms with Crippen LogP contribution in [-0.4, -0.2) is 19.4 Å². The van der Waals surface area contributed by atoms with Crippen LogP contribution in [0, 0.1) is 11.6 Å². The molecule has 0 fully saturated rings. The number of halogens is 2. The number of rotatable bonds is 5. The highest BCUT2D eigenvalue weighted by Gasteiger charge is 2.06. The Kier molecular flexibility index (Phi) is 4.37. The lowest BCUT2D eigenvalue weighted by Crippen LogP contribution is -2.14. The van der Waals surface area contributed by atoms with Crippen LogP contribution in [0.1, 0.15) is 12.0 Å². The van der Waals surface area contributed by atoms with Gasteiger partial charge >= 0.3 is 0 Å². The first-order valence-corrected chi connectivity index (χ1v) is 4.73. The molecule has 0 radical (unpaired) electrons. The Morgan fingerprint density at radius 2 is 1.87 bits per heavy atom. The van der Waals surface area contributed by atoms with Crippen LogP contribution in [0.15, 0.2) is 18.2 Å². The van der Waals surface area contributed by atoms with Gasteiger partial charge in [0.15, 0.2) is 0 Å². The van der Waals surface area contributed by atoms with Crippen molar-refractivity contribution in [2.75, 3.05) is 13.6 Å². The molecule has 82 valence electrons. The third-order valence-corrected chi connectivity index (χ3v) is 1.98. The van der Waals surface area contributed by atoms with Crippen molar-refractivity contribution in [3.63, 3.8) is 0 Å². The van der Waals surface area contributed by atoms with Crippen LogP contribution in [0.5, 0.6) is 0 Å². The van der Waals surface area contributed by atoms with E-state index < -0.39 is 11.6 Å². The highest BCUT2D eigenvalue weighted by molar-refractivity contribution is 5.81. The summed E-state index contributed by atoms with van der Waals surface area (Å²) in [7, 11) is 1.75. The van der Waals surface area contributed by atoms with E-state index in [0.29, 0.717) is 18.5 Å². The lowest BCUT2D eigenvalue weighted by atomic mass is 10.1. The average molecular weight is 213 g/mol. The Balaban J connectivity index is 2.60. The summed E-state index contributed by atoms with van der Waals surface area (Å²) in [5.41, 5.74) is 0.383. The molecule has 1 N–H and O–H groups in total. The molecule has 0 aromatic heterocycles. The van der Waals surface area contributed by atoms with Crippen LogP contribution in [0.25, 0.3) is 0 Å². The predicted molar refractivity (Wildman–Crippen MR) is 53.6 cm³/mol. The van der Waals surface area contributed by atoms with E-state index in [9.17, 15) is 13.6 Å². The molecule has 15 heavy (non-hydrogen) atoms. The van der Waals surface area contributed by atoms with E-state index in [2.05, 4.69) is 5.32 Å². The molecule has 0 saturated heterocycles. The number of nitrogens with one attached hydrogen (secondary N) is 1. The number of carbonyl (C=O) groups excluding carboxylic acids is 1. The summed E-state index contributed by atoms with van der Waals surface area (Å²) in [5, 5.41) is 2.84. The first-order chi connectivity index (χ1) is 7.11. The van der Waals surface area contributed by atoms with Crippen molar-refractivity contribution in [2.24, 2.45) is 0 Å². The maximum Gasteiger partial charge on any atom is 0.138 e. The molecule has 0 aliphatic rings. The highest BCUT2D eigenvalue weighted by Crippen LogP contribution is 2.09. The molecule has 0 atom stereocenters. The van der Waals surface area contributed by atoms with E-state index in [1.165, 1.54) is 12.1 Å². The van der Waals surface area contributed by atoms with Crippen molar-refractivity contribution < 1.29 is 13.6 Å². The minimum absolute atomic E-state index is 0.0330. The van der Waals surface area contributed by atoms with Crippen molar-refractivity contribution in [1.82, 2.24) is 5.32 Å². The molecule has 0 bridgehead atoms. The van der Waals surface area contributed by atoms with Gasteiger partial charge in [-0.2, -0.15) is 0 Å². The lowest BCUT2D eigenvalue weighted by Gasteiger charge is -2.01. The van der Waals surface area contributed by atoms with Crippen LogP contribution in [0.2, 0.25) is 0 Å². The zero-order chi connectivity index (χ0) is 11.3. The van der Waals surface area contributed by atoms with Crippen molar-refractivity contribution in [1.29, 1.82) is 0 Å². The molecule has 1 aromatic rings. The molecular formula is C11H13F2NO. The molecule has 1 aromatic carbocycles. The molecule has 0 unspecified atom stereocenters. The molecule has 0 heterocycles. The van der Waals surface area contributed by atoms with Crippen molar-refractivity contribution in [2.45, 2.75) is 12.8 Å². The number of carbonyl (C=O) groups is 1. The first kappa shape index (κ1) is 11.8. The molecule has 0 saturated carbocycles. The van der Waals surface area contributed by atoms with Crippen LogP contribution >= 0.6 is 0 Å². The minimum Gasteiger partial charge on any atom is -0.319 e. The molecule has 0 spiro atoms. The van der Waals surface area contributed by atoms with E-state index in [1.807, 2.05) is 0 Å². The van der Waals surface area contributed by atoms with Crippen LogP contribution in [0.4, 0.5) is 8.78 Å². The van der Waals surface area contributed by atoms with Gasteiger partial charge in [0.25, 0.3) is 0 Å². The van der Waals surface area contributed by atoms with Gasteiger partial charge in [0.1, 0.15) is 17.4 Å². The van der Waals surface area contributed by atoms with E-state index in [4.69, 9.17) is 0 Å². The van der Waals surface area contributed by atoms with Crippen molar-refractivity contribution in [3.05, 3.63) is 35.4 Å². The van der Waals surface area contributed by atoms with Gasteiger partial charge in [-0.15, -0.1) is 0 Å². The Labute approximate surface area is 87.3 Å². The zero-order valence-electron chi connectivity index (χ0n) is 8.52. The number of benzene rings is 1. The van der Waals surface area contributed by atoms with Gasteiger partial charge in [-0.05, 0) is 24.7 Å². The summed E-state index contributed by atoms with van der Waals surface area (Å²) in [6.07, 6.45) is 0.449. The summed E-state index contributed by atoms with van der Waals surface area (Å²) >= 11 is 0. The number of Topliss-reactive ketones (excluding diaryl/α,β-unsaturated/α-hetero) is 1. The molecule has 0 aliphatic heterocycles. The van der Waals surface area contributed by atoms with Gasteiger partial charge in [-0.3, -0.25) is 4.79 Å². The fraction of sp³-hybridized carbons (Fsp3) is 0.364. The molecule has 4 heteroatoms. The first-order valence-electron chi connectivity index (χ1n) is 4.73. The largest absolute Gasteiger partial charge is 0.319 e. The van der Waals surface area contributed by atoms with E-state index in [1.54, 1.807) is 7.05 Å². The molecular weight excluding hydrogens is 200 g/mol. The maximum atomic E-state index is 12.8. The van der Waals surface area contributed by atoms with Crippen LogP contribution in [-0.2, 0) is 11.2 Å². The Morgan fingerprint density at radius 3 is 2.40 bits per heavy atom. The normalized spacial score (nSPS) is 10.3. The van der Waals surface area contributed by atoms with Crippen LogP contribution < -0.4 is 5.32 Å². The van der Waals surface area contributed by atoms with E-state index >= 15 is 0 Å². The van der Waals surface area contributed by atoms with Gasteiger partial charge in [0.05, 0.1) is 0 Å². The second-order valence-electron chi connectivity index (χ2n) is 3.35. The monoisotopic (exact) mass is 213 g/mol. The standard InChI is InChI=1S/C11H13F2NO/c1-14-3-2-11(15)6-8-4-9(12)7-10(13)5-8/h4-5,7,14H,2-3,6H2,1H3. The fourth-order valence-electron chi connectivity index (χ4n) is 1.29. The average Bonchev–Trinajstić information content (AvgIpc) is 2.13. The second kappa shape index (κ2) is 5.56. The van der Waals surface area contributed by atoms with E-state index in [-0.39, 0.29) is 12.2 Å². The van der Waals surface area contributed by atoms with Crippen molar-refractivity contribution >= 4 is 5.78 Å². The Morgan fingerprint density at radius 1 is 1.27 bits per heavy atom. The number of hydrogen-bond acceptors (Lipinski definition) is 2. The SMILES string of the molecule is CNCCC(=O)Cc1cc(F)cc(F)c1. The minimum atomic E-state index is -0.647. The molecule has 1 rings (SSSR count). The maximum absolute atomic E-state index is 12.8.